The molecule has 2 heterocycles. The zero-order valence-corrected chi connectivity index (χ0v) is 21.4. The average molecular weight is 513 g/mol. The molecule has 2 aliphatic heterocycles. The third kappa shape index (κ3) is 5.10. The molecule has 0 aromatic heterocycles. The van der Waals surface area contributed by atoms with E-state index in [-0.39, 0.29) is 23.5 Å². The summed E-state index contributed by atoms with van der Waals surface area (Å²) in [7, 11) is 1.37. The van der Waals surface area contributed by atoms with Crippen molar-refractivity contribution < 1.29 is 23.8 Å². The van der Waals surface area contributed by atoms with Crippen LogP contribution in [0.25, 0.3) is 0 Å². The van der Waals surface area contributed by atoms with Gasteiger partial charge < -0.3 is 19.5 Å². The molecule has 8 heteroatoms. The Labute approximate surface area is 217 Å². The standard InChI is InChI=1S/C28H33ClN2O5/c1-34-25(32)20-7-9-21(10-8-20)27(11-12-27)30-26(33)28(13-16-35-17-14-28)31-15-3-6-24(19-31)36-23-5-2-4-22(29)18-23/h2,4-5,7-10,18,24H,3,6,11-17,19H2,1H3,(H,30,33). The molecule has 7 nitrogen and oxygen atoms in total. The summed E-state index contributed by atoms with van der Waals surface area (Å²) in [4.78, 5) is 28.2. The number of hydrogen-bond acceptors (Lipinski definition) is 6. The van der Waals surface area contributed by atoms with Crippen LogP contribution >= 0.6 is 11.6 Å². The summed E-state index contributed by atoms with van der Waals surface area (Å²) >= 11 is 6.15. The summed E-state index contributed by atoms with van der Waals surface area (Å²) in [6.07, 6.45) is 4.95. The van der Waals surface area contributed by atoms with Gasteiger partial charge in [0.05, 0.1) is 18.2 Å². The number of nitrogens with one attached hydrogen (secondary N) is 1. The molecule has 5 rings (SSSR count). The topological polar surface area (TPSA) is 77.1 Å². The van der Waals surface area contributed by atoms with Gasteiger partial charge in [-0.05, 0) is 81.0 Å². The zero-order chi connectivity index (χ0) is 25.2. The number of methoxy groups -OCH3 is 1. The maximum Gasteiger partial charge on any atom is 0.337 e. The Hall–Kier alpha value is -2.61. The second-order valence-electron chi connectivity index (χ2n) is 10.0. The predicted octanol–water partition coefficient (Wildman–Crippen LogP) is 4.32. The SMILES string of the molecule is COC(=O)c1ccc(C2(NC(=O)C3(N4CCCC(Oc5cccc(Cl)c5)C4)CCOCC3)CC2)cc1. The summed E-state index contributed by atoms with van der Waals surface area (Å²) < 4.78 is 16.8. The van der Waals surface area contributed by atoms with Crippen LogP contribution in [-0.4, -0.2) is 61.8 Å². The van der Waals surface area contributed by atoms with E-state index < -0.39 is 5.54 Å². The molecule has 1 saturated carbocycles. The van der Waals surface area contributed by atoms with Crippen LogP contribution in [-0.2, 0) is 19.8 Å². The van der Waals surface area contributed by atoms with Gasteiger partial charge in [0.25, 0.3) is 0 Å². The van der Waals surface area contributed by atoms with Gasteiger partial charge in [-0.25, -0.2) is 4.79 Å². The normalized spacial score (nSPS) is 22.9. The first-order valence-corrected chi connectivity index (χ1v) is 13.1. The second kappa shape index (κ2) is 10.4. The lowest BCUT2D eigenvalue weighted by atomic mass is 9.84. The summed E-state index contributed by atoms with van der Waals surface area (Å²) in [5, 5.41) is 4.06. The molecule has 1 aliphatic carbocycles. The Morgan fingerprint density at radius 2 is 1.83 bits per heavy atom. The third-order valence-electron chi connectivity index (χ3n) is 7.79. The van der Waals surface area contributed by atoms with Gasteiger partial charge in [0.15, 0.2) is 0 Å². The van der Waals surface area contributed by atoms with Gasteiger partial charge >= 0.3 is 5.97 Å². The van der Waals surface area contributed by atoms with Crippen molar-refractivity contribution in [3.05, 3.63) is 64.7 Å². The highest BCUT2D eigenvalue weighted by Gasteiger charge is 2.52. The minimum absolute atomic E-state index is 0.00881. The van der Waals surface area contributed by atoms with Crippen molar-refractivity contribution in [2.75, 3.05) is 33.4 Å². The minimum atomic E-state index is -0.629. The summed E-state index contributed by atoms with van der Waals surface area (Å²) in [5.41, 5.74) is 0.509. The highest BCUT2D eigenvalue weighted by molar-refractivity contribution is 6.30. The van der Waals surface area contributed by atoms with E-state index in [0.29, 0.717) is 43.2 Å². The van der Waals surface area contributed by atoms with E-state index in [0.717, 1.165) is 43.5 Å². The Morgan fingerprint density at radius 3 is 2.50 bits per heavy atom. The fourth-order valence-electron chi connectivity index (χ4n) is 5.54. The van der Waals surface area contributed by atoms with Crippen molar-refractivity contribution in [1.29, 1.82) is 0 Å². The summed E-state index contributed by atoms with van der Waals surface area (Å²) in [5.74, 6) is 0.451. The lowest BCUT2D eigenvalue weighted by Gasteiger charge is -2.48. The maximum absolute atomic E-state index is 14.0. The fraction of sp³-hybridized carbons (Fsp3) is 0.500. The van der Waals surface area contributed by atoms with E-state index in [1.807, 2.05) is 36.4 Å². The number of benzene rings is 2. The Bertz CT molecular complexity index is 1100. The molecule has 192 valence electrons. The number of likely N-dealkylation sites (tertiary alicyclic amines) is 1. The predicted molar refractivity (Wildman–Crippen MR) is 136 cm³/mol. The smallest absolute Gasteiger partial charge is 0.337 e. The molecule has 2 saturated heterocycles. The monoisotopic (exact) mass is 512 g/mol. The van der Waals surface area contributed by atoms with Crippen LogP contribution in [0, 0.1) is 0 Å². The maximum atomic E-state index is 14.0. The first-order valence-electron chi connectivity index (χ1n) is 12.7. The molecule has 1 atom stereocenters. The minimum Gasteiger partial charge on any atom is -0.489 e. The molecule has 1 amide bonds. The van der Waals surface area contributed by atoms with Crippen LogP contribution in [0.15, 0.2) is 48.5 Å². The lowest BCUT2D eigenvalue weighted by Crippen LogP contribution is -2.65. The number of esters is 1. The molecule has 2 aromatic rings. The Morgan fingerprint density at radius 1 is 1.08 bits per heavy atom. The van der Waals surface area contributed by atoms with Crippen LogP contribution in [0.1, 0.15) is 54.4 Å². The van der Waals surface area contributed by atoms with E-state index in [4.69, 9.17) is 25.8 Å². The second-order valence-corrected chi connectivity index (χ2v) is 10.5. The van der Waals surface area contributed by atoms with Crippen LogP contribution < -0.4 is 10.1 Å². The fourth-order valence-corrected chi connectivity index (χ4v) is 5.72. The molecule has 3 aliphatic rings. The van der Waals surface area contributed by atoms with Crippen LogP contribution in [0.4, 0.5) is 0 Å². The molecule has 1 unspecified atom stereocenters. The van der Waals surface area contributed by atoms with Crippen molar-refractivity contribution in [2.45, 2.75) is 55.7 Å². The summed E-state index contributed by atoms with van der Waals surface area (Å²) in [6, 6.07) is 14.8. The molecule has 0 radical (unpaired) electrons. The van der Waals surface area contributed by atoms with Gasteiger partial charge in [0.1, 0.15) is 17.4 Å². The van der Waals surface area contributed by atoms with Crippen molar-refractivity contribution in [1.82, 2.24) is 10.2 Å². The molecule has 0 spiro atoms. The highest BCUT2D eigenvalue weighted by atomic mass is 35.5. The van der Waals surface area contributed by atoms with Crippen molar-refractivity contribution in [3.63, 3.8) is 0 Å². The number of carbonyl (C=O) groups excluding carboxylic acids is 2. The van der Waals surface area contributed by atoms with Crippen LogP contribution in [0.3, 0.4) is 0 Å². The van der Waals surface area contributed by atoms with E-state index >= 15 is 0 Å². The molecule has 2 aromatic carbocycles. The van der Waals surface area contributed by atoms with E-state index in [2.05, 4.69) is 10.2 Å². The van der Waals surface area contributed by atoms with E-state index in [1.54, 1.807) is 12.1 Å². The molecule has 0 bridgehead atoms. The quantitative estimate of drug-likeness (QED) is 0.557. The van der Waals surface area contributed by atoms with Gasteiger partial charge in [-0.3, -0.25) is 9.69 Å². The van der Waals surface area contributed by atoms with Gasteiger partial charge in [-0.1, -0.05) is 29.8 Å². The van der Waals surface area contributed by atoms with Crippen molar-refractivity contribution >= 4 is 23.5 Å². The summed E-state index contributed by atoms with van der Waals surface area (Å²) in [6.45, 7) is 2.65. The molecule has 36 heavy (non-hydrogen) atoms. The van der Waals surface area contributed by atoms with E-state index in [9.17, 15) is 9.59 Å². The molecular formula is C28H33ClN2O5. The average Bonchev–Trinajstić information content (AvgIpc) is 3.69. The number of amides is 1. The number of carbonyl (C=O) groups is 2. The molecule has 1 N–H and O–H groups in total. The molecular weight excluding hydrogens is 480 g/mol. The third-order valence-corrected chi connectivity index (χ3v) is 8.02. The van der Waals surface area contributed by atoms with Gasteiger partial charge in [-0.2, -0.15) is 0 Å². The number of hydrogen-bond donors (Lipinski definition) is 1. The number of nitrogens with zero attached hydrogens (tertiary/aromatic N) is 1. The molecule has 3 fully saturated rings. The first-order chi connectivity index (χ1) is 17.4. The van der Waals surface area contributed by atoms with Gasteiger partial charge in [-0.15, -0.1) is 0 Å². The number of piperidine rings is 1. The first kappa shape index (κ1) is 25.1. The Kier molecular flexibility index (Phi) is 7.24. The zero-order valence-electron chi connectivity index (χ0n) is 20.6. The number of halogens is 1. The number of ether oxygens (including phenoxy) is 3. The van der Waals surface area contributed by atoms with Crippen molar-refractivity contribution in [2.24, 2.45) is 0 Å². The van der Waals surface area contributed by atoms with Crippen molar-refractivity contribution in [3.8, 4) is 5.75 Å². The van der Waals surface area contributed by atoms with Gasteiger partial charge in [0.2, 0.25) is 5.91 Å². The Balaban J connectivity index is 1.32. The van der Waals surface area contributed by atoms with Crippen LogP contribution in [0.2, 0.25) is 5.02 Å². The lowest BCUT2D eigenvalue weighted by molar-refractivity contribution is -0.145. The van der Waals surface area contributed by atoms with Gasteiger partial charge in [0, 0.05) is 24.8 Å². The number of rotatable bonds is 7. The van der Waals surface area contributed by atoms with Crippen LogP contribution in [0.5, 0.6) is 5.75 Å². The van der Waals surface area contributed by atoms with E-state index in [1.165, 1.54) is 7.11 Å². The highest BCUT2D eigenvalue weighted by Crippen LogP contribution is 2.46. The largest absolute Gasteiger partial charge is 0.489 e.